The lowest BCUT2D eigenvalue weighted by molar-refractivity contribution is 0.453. The van der Waals surface area contributed by atoms with Gasteiger partial charge in [-0.3, -0.25) is 0 Å². The number of nitrogens with one attached hydrogen (secondary N) is 1. The highest BCUT2D eigenvalue weighted by Crippen LogP contribution is 2.30. The van der Waals surface area contributed by atoms with E-state index >= 15 is 0 Å². The number of hydrogen-bond acceptors (Lipinski definition) is 4. The Morgan fingerprint density at radius 2 is 2.00 bits per heavy atom. The van der Waals surface area contributed by atoms with Crippen LogP contribution < -0.4 is 5.32 Å². The van der Waals surface area contributed by atoms with E-state index in [0.29, 0.717) is 21.8 Å². The van der Waals surface area contributed by atoms with E-state index in [1.807, 2.05) is 13.8 Å². The van der Waals surface area contributed by atoms with Crippen molar-refractivity contribution in [3.8, 4) is 0 Å². The second kappa shape index (κ2) is 5.34. The Hall–Kier alpha value is -0.970. The lowest BCUT2D eigenvalue weighted by Gasteiger charge is -2.13. The molecule has 4 nitrogen and oxygen atoms in total. The molecule has 0 aliphatic heterocycles. The first-order valence-electron chi connectivity index (χ1n) is 5.17. The standard InChI is InChI=1S/C11H10Cl3N3O/c1-5-4-15-11(18-5)6(2)16-10-8(13)3-7(12)9(14)17-10/h3-4,6H,1-2H3,(H,16,17). The monoisotopic (exact) mass is 305 g/mol. The number of halogens is 3. The number of hydrogen-bond donors (Lipinski definition) is 1. The van der Waals surface area contributed by atoms with Crippen LogP contribution in [0.2, 0.25) is 15.2 Å². The zero-order chi connectivity index (χ0) is 13.3. The van der Waals surface area contributed by atoms with Gasteiger partial charge in [0.1, 0.15) is 22.8 Å². The van der Waals surface area contributed by atoms with E-state index in [0.717, 1.165) is 5.76 Å². The van der Waals surface area contributed by atoms with Crippen LogP contribution >= 0.6 is 34.8 Å². The zero-order valence-electron chi connectivity index (χ0n) is 9.67. The van der Waals surface area contributed by atoms with Gasteiger partial charge in [-0.15, -0.1) is 0 Å². The lowest BCUT2D eigenvalue weighted by Crippen LogP contribution is -2.08. The van der Waals surface area contributed by atoms with Crippen molar-refractivity contribution < 1.29 is 4.42 Å². The van der Waals surface area contributed by atoms with Crippen LogP contribution in [0, 0.1) is 6.92 Å². The summed E-state index contributed by atoms with van der Waals surface area (Å²) in [6.07, 6.45) is 1.65. The van der Waals surface area contributed by atoms with Crippen LogP contribution in [0.3, 0.4) is 0 Å². The molecule has 1 atom stereocenters. The molecule has 0 aliphatic rings. The van der Waals surface area contributed by atoms with Crippen molar-refractivity contribution in [3.63, 3.8) is 0 Å². The second-order valence-electron chi connectivity index (χ2n) is 3.77. The second-order valence-corrected chi connectivity index (χ2v) is 4.94. The van der Waals surface area contributed by atoms with E-state index in [9.17, 15) is 0 Å². The van der Waals surface area contributed by atoms with E-state index in [-0.39, 0.29) is 11.2 Å². The molecule has 2 aromatic heterocycles. The van der Waals surface area contributed by atoms with Gasteiger partial charge in [-0.25, -0.2) is 9.97 Å². The number of nitrogens with zero attached hydrogens (tertiary/aromatic N) is 2. The van der Waals surface area contributed by atoms with Crippen LogP contribution in [0.5, 0.6) is 0 Å². The minimum atomic E-state index is -0.180. The molecule has 0 amide bonds. The summed E-state index contributed by atoms with van der Waals surface area (Å²) in [5.74, 6) is 1.73. The molecule has 2 heterocycles. The van der Waals surface area contributed by atoms with Gasteiger partial charge in [-0.1, -0.05) is 34.8 Å². The third kappa shape index (κ3) is 2.88. The summed E-state index contributed by atoms with van der Waals surface area (Å²) in [5, 5.41) is 3.96. The fraction of sp³-hybridized carbons (Fsp3) is 0.273. The van der Waals surface area contributed by atoms with Crippen LogP contribution in [0.15, 0.2) is 16.7 Å². The summed E-state index contributed by atoms with van der Waals surface area (Å²) in [7, 11) is 0. The van der Waals surface area contributed by atoms with Crippen molar-refractivity contribution in [2.24, 2.45) is 0 Å². The summed E-state index contributed by atoms with van der Waals surface area (Å²) in [6, 6.07) is 1.36. The van der Waals surface area contributed by atoms with Crippen molar-refractivity contribution in [2.75, 3.05) is 5.32 Å². The molecule has 0 saturated carbocycles. The van der Waals surface area contributed by atoms with Crippen LogP contribution in [0.1, 0.15) is 24.6 Å². The smallest absolute Gasteiger partial charge is 0.216 e. The summed E-state index contributed by atoms with van der Waals surface area (Å²) in [4.78, 5) is 8.19. The van der Waals surface area contributed by atoms with Gasteiger partial charge >= 0.3 is 0 Å². The first-order valence-corrected chi connectivity index (χ1v) is 6.31. The number of anilines is 1. The maximum absolute atomic E-state index is 6.02. The van der Waals surface area contributed by atoms with Gasteiger partial charge in [0.2, 0.25) is 5.89 Å². The molecule has 1 unspecified atom stereocenters. The van der Waals surface area contributed by atoms with Gasteiger partial charge in [0.15, 0.2) is 0 Å². The normalized spacial score (nSPS) is 12.5. The topological polar surface area (TPSA) is 51.0 Å². The Balaban J connectivity index is 2.21. The minimum Gasteiger partial charge on any atom is -0.444 e. The maximum Gasteiger partial charge on any atom is 0.216 e. The number of aryl methyl sites for hydroxylation is 1. The first kappa shape index (κ1) is 13.5. The summed E-state index contributed by atoms with van der Waals surface area (Å²) < 4.78 is 5.41. The highest BCUT2D eigenvalue weighted by Gasteiger charge is 2.15. The average Bonchev–Trinajstić information content (AvgIpc) is 2.73. The highest BCUT2D eigenvalue weighted by atomic mass is 35.5. The van der Waals surface area contributed by atoms with E-state index in [1.165, 1.54) is 6.07 Å². The molecule has 7 heteroatoms. The molecule has 18 heavy (non-hydrogen) atoms. The molecule has 2 rings (SSSR count). The van der Waals surface area contributed by atoms with Gasteiger partial charge in [0, 0.05) is 0 Å². The van der Waals surface area contributed by atoms with E-state index in [4.69, 9.17) is 39.2 Å². The molecule has 0 bridgehead atoms. The van der Waals surface area contributed by atoms with Crippen molar-refractivity contribution in [1.29, 1.82) is 0 Å². The molecule has 2 aromatic rings. The van der Waals surface area contributed by atoms with Crippen LogP contribution in [-0.2, 0) is 0 Å². The lowest BCUT2D eigenvalue weighted by atomic mass is 10.3. The first-order chi connectivity index (χ1) is 8.47. The molecular formula is C11H10Cl3N3O. The summed E-state index contributed by atoms with van der Waals surface area (Å²) in [6.45, 7) is 3.71. The third-order valence-corrected chi connectivity index (χ3v) is 3.21. The number of rotatable bonds is 3. The summed E-state index contributed by atoms with van der Waals surface area (Å²) in [5.41, 5.74) is 0. The van der Waals surface area contributed by atoms with E-state index < -0.39 is 0 Å². The largest absolute Gasteiger partial charge is 0.444 e. The van der Waals surface area contributed by atoms with Crippen LogP contribution in [0.25, 0.3) is 0 Å². The molecular weight excluding hydrogens is 296 g/mol. The highest BCUT2D eigenvalue weighted by molar-refractivity contribution is 6.42. The Morgan fingerprint density at radius 1 is 1.28 bits per heavy atom. The van der Waals surface area contributed by atoms with Crippen molar-refractivity contribution >= 4 is 40.6 Å². The molecule has 1 N–H and O–H groups in total. The van der Waals surface area contributed by atoms with E-state index in [1.54, 1.807) is 6.20 Å². The molecule has 0 spiro atoms. The van der Waals surface area contributed by atoms with Crippen molar-refractivity contribution in [1.82, 2.24) is 9.97 Å². The maximum atomic E-state index is 6.02. The number of pyridine rings is 1. The van der Waals surface area contributed by atoms with Gasteiger partial charge in [-0.05, 0) is 19.9 Å². The van der Waals surface area contributed by atoms with Crippen molar-refractivity contribution in [3.05, 3.63) is 39.1 Å². The Morgan fingerprint density at radius 3 is 2.61 bits per heavy atom. The number of aromatic nitrogens is 2. The van der Waals surface area contributed by atoms with Gasteiger partial charge in [0.05, 0.1) is 16.2 Å². The molecule has 0 saturated heterocycles. The van der Waals surface area contributed by atoms with Crippen LogP contribution in [-0.4, -0.2) is 9.97 Å². The average molecular weight is 307 g/mol. The Bertz CT molecular complexity index is 571. The van der Waals surface area contributed by atoms with Gasteiger partial charge < -0.3 is 9.73 Å². The molecule has 0 radical (unpaired) electrons. The SMILES string of the molecule is Cc1cnc(C(C)Nc2nc(Cl)c(Cl)cc2Cl)o1. The zero-order valence-corrected chi connectivity index (χ0v) is 11.9. The predicted molar refractivity (Wildman–Crippen MR) is 72.5 cm³/mol. The molecule has 0 fully saturated rings. The Kier molecular flexibility index (Phi) is 4.00. The molecule has 0 aromatic carbocycles. The van der Waals surface area contributed by atoms with E-state index in [2.05, 4.69) is 15.3 Å². The molecule has 0 aliphatic carbocycles. The summed E-state index contributed by atoms with van der Waals surface area (Å²) >= 11 is 17.7. The van der Waals surface area contributed by atoms with Gasteiger partial charge in [0.25, 0.3) is 0 Å². The van der Waals surface area contributed by atoms with Gasteiger partial charge in [-0.2, -0.15) is 0 Å². The quantitative estimate of drug-likeness (QED) is 0.848. The Labute approximate surface area is 119 Å². The fourth-order valence-electron chi connectivity index (χ4n) is 1.38. The third-order valence-electron chi connectivity index (χ3n) is 2.25. The molecule has 96 valence electrons. The minimum absolute atomic E-state index is 0.180. The van der Waals surface area contributed by atoms with Crippen molar-refractivity contribution in [2.45, 2.75) is 19.9 Å². The fourth-order valence-corrected chi connectivity index (χ4v) is 1.94. The number of oxazole rings is 1. The van der Waals surface area contributed by atoms with Crippen LogP contribution in [0.4, 0.5) is 5.82 Å². The predicted octanol–water partition coefficient (Wildman–Crippen LogP) is 4.51.